The van der Waals surface area contributed by atoms with Crippen LogP contribution in [0.15, 0.2) is 24.7 Å². The molecular formula is C21H23ClFN5O2. The lowest BCUT2D eigenvalue weighted by Crippen LogP contribution is -2.50. The Morgan fingerprint density at radius 1 is 1.27 bits per heavy atom. The van der Waals surface area contributed by atoms with E-state index in [1.807, 2.05) is 31.7 Å². The number of pyridine rings is 1. The van der Waals surface area contributed by atoms with Gasteiger partial charge in [0.25, 0.3) is 0 Å². The zero-order valence-electron chi connectivity index (χ0n) is 16.7. The van der Waals surface area contributed by atoms with Gasteiger partial charge >= 0.3 is 6.09 Å². The topological polar surface area (TPSA) is 63.5 Å². The minimum absolute atomic E-state index is 0.274. The number of ether oxygens (including phenoxy) is 1. The maximum absolute atomic E-state index is 12.9. The fourth-order valence-electron chi connectivity index (χ4n) is 4.28. The summed E-state index contributed by atoms with van der Waals surface area (Å²) in [7, 11) is 1.88. The third-order valence-electron chi connectivity index (χ3n) is 6.07. The molecule has 30 heavy (non-hydrogen) atoms. The number of alkyl halides is 1. The van der Waals surface area contributed by atoms with Crippen molar-refractivity contribution < 1.29 is 13.9 Å². The molecule has 0 radical (unpaired) electrons. The Morgan fingerprint density at radius 3 is 2.70 bits per heavy atom. The van der Waals surface area contributed by atoms with Crippen LogP contribution in [-0.2, 0) is 18.2 Å². The van der Waals surface area contributed by atoms with Gasteiger partial charge in [-0.15, -0.1) is 0 Å². The molecule has 0 aromatic carbocycles. The number of allylic oxidation sites excluding steroid dienone is 1. The highest BCUT2D eigenvalue weighted by molar-refractivity contribution is 6.54. The van der Waals surface area contributed by atoms with Crippen LogP contribution in [0.4, 0.5) is 14.9 Å². The summed E-state index contributed by atoms with van der Waals surface area (Å²) >= 11 is 6.81. The Kier molecular flexibility index (Phi) is 4.89. The van der Waals surface area contributed by atoms with Crippen LogP contribution in [0.25, 0.3) is 10.6 Å². The number of hydrogen-bond acceptors (Lipinski definition) is 5. The molecule has 0 unspecified atom stereocenters. The van der Waals surface area contributed by atoms with Crippen LogP contribution in [0.3, 0.4) is 0 Å². The van der Waals surface area contributed by atoms with Crippen LogP contribution in [0.5, 0.6) is 0 Å². The summed E-state index contributed by atoms with van der Waals surface area (Å²) in [6.07, 6.45) is 5.46. The Bertz CT molecular complexity index is 1010. The largest absolute Gasteiger partial charge is 0.446 e. The molecule has 0 atom stereocenters. The zero-order chi connectivity index (χ0) is 20.8. The molecule has 1 saturated heterocycles. The van der Waals surface area contributed by atoms with Gasteiger partial charge in [0, 0.05) is 81.7 Å². The van der Waals surface area contributed by atoms with Gasteiger partial charge in [-0.1, -0.05) is 11.6 Å². The first kappa shape index (κ1) is 19.4. The fraction of sp³-hybridized carbons (Fsp3) is 0.476. The molecule has 0 N–H and O–H groups in total. The number of anilines is 1. The number of fused-ring (bicyclic) bond motifs is 1. The molecule has 1 amide bonds. The van der Waals surface area contributed by atoms with Gasteiger partial charge in [0.2, 0.25) is 0 Å². The lowest BCUT2D eigenvalue weighted by atomic mass is 9.94. The van der Waals surface area contributed by atoms with E-state index >= 15 is 0 Å². The quantitative estimate of drug-likeness (QED) is 0.746. The standard InChI is InChI=1S/C21H23ClFN5O2/c1-26-12-13(11-25-26)16-10-17-19(20(16)22)18(2-3-24-17)27-4-6-28(7-5-27)21(29)30-15-8-14(23)9-15/h2-3,11-12,14-15H,4-10H2,1H3. The molecular weight excluding hydrogens is 409 g/mol. The first-order valence-corrected chi connectivity index (χ1v) is 10.6. The Morgan fingerprint density at radius 2 is 2.03 bits per heavy atom. The molecule has 2 aromatic rings. The van der Waals surface area contributed by atoms with Gasteiger partial charge in [0.1, 0.15) is 12.3 Å². The lowest BCUT2D eigenvalue weighted by Gasteiger charge is -2.38. The number of nitrogens with zero attached hydrogens (tertiary/aromatic N) is 5. The predicted octanol–water partition coefficient (Wildman–Crippen LogP) is 3.24. The second-order valence-corrected chi connectivity index (χ2v) is 8.45. The van der Waals surface area contributed by atoms with E-state index in [0.717, 1.165) is 28.1 Å². The number of carbonyl (C=O) groups is 1. The van der Waals surface area contributed by atoms with Crippen LogP contribution in [0.2, 0.25) is 0 Å². The van der Waals surface area contributed by atoms with Crippen molar-refractivity contribution in [3.63, 3.8) is 0 Å². The molecule has 3 heterocycles. The van der Waals surface area contributed by atoms with E-state index in [-0.39, 0.29) is 12.2 Å². The molecule has 2 fully saturated rings. The van der Waals surface area contributed by atoms with Gasteiger partial charge in [-0.05, 0) is 11.6 Å². The van der Waals surface area contributed by atoms with E-state index in [4.69, 9.17) is 16.3 Å². The fourth-order valence-corrected chi connectivity index (χ4v) is 4.66. The first-order chi connectivity index (χ1) is 14.5. The number of piperazine rings is 1. The molecule has 7 nitrogen and oxygen atoms in total. The highest BCUT2D eigenvalue weighted by atomic mass is 35.5. The number of hydrogen-bond donors (Lipinski definition) is 0. The van der Waals surface area contributed by atoms with E-state index < -0.39 is 6.17 Å². The van der Waals surface area contributed by atoms with Crippen molar-refractivity contribution in [3.05, 3.63) is 41.5 Å². The number of aryl methyl sites for hydroxylation is 1. The highest BCUT2D eigenvalue weighted by Gasteiger charge is 2.35. The molecule has 3 aliphatic rings. The van der Waals surface area contributed by atoms with Crippen LogP contribution in [0, 0.1) is 0 Å². The molecule has 1 saturated carbocycles. The van der Waals surface area contributed by atoms with Gasteiger partial charge in [0.05, 0.1) is 16.9 Å². The van der Waals surface area contributed by atoms with Crippen molar-refractivity contribution >= 4 is 34.0 Å². The van der Waals surface area contributed by atoms with Crippen LogP contribution < -0.4 is 4.90 Å². The van der Waals surface area contributed by atoms with Crippen molar-refractivity contribution in [1.82, 2.24) is 19.7 Å². The summed E-state index contributed by atoms with van der Waals surface area (Å²) in [4.78, 5) is 20.8. The SMILES string of the molecule is Cn1cc(C2=C(Cl)c3c(N4CCN(C(=O)OC5CC(F)C5)CC4)ccnc3C2)cn1. The Labute approximate surface area is 179 Å². The summed E-state index contributed by atoms with van der Waals surface area (Å²) in [5, 5.41) is 4.97. The van der Waals surface area contributed by atoms with E-state index in [2.05, 4.69) is 15.0 Å². The average Bonchev–Trinajstić information content (AvgIpc) is 3.30. The second kappa shape index (κ2) is 7.58. The van der Waals surface area contributed by atoms with E-state index in [0.29, 0.717) is 50.5 Å². The molecule has 2 aliphatic carbocycles. The van der Waals surface area contributed by atoms with Gasteiger partial charge in [-0.3, -0.25) is 9.67 Å². The number of halogens is 2. The second-order valence-electron chi connectivity index (χ2n) is 8.07. The highest BCUT2D eigenvalue weighted by Crippen LogP contribution is 2.44. The Balaban J connectivity index is 1.30. The molecule has 158 valence electrons. The maximum atomic E-state index is 12.9. The van der Waals surface area contributed by atoms with Gasteiger partial charge in [-0.25, -0.2) is 9.18 Å². The van der Waals surface area contributed by atoms with Crippen LogP contribution in [0.1, 0.15) is 29.7 Å². The molecule has 5 rings (SSSR count). The lowest BCUT2D eigenvalue weighted by molar-refractivity contribution is -0.0132. The Hall–Kier alpha value is -2.61. The third-order valence-corrected chi connectivity index (χ3v) is 6.49. The number of aromatic nitrogens is 3. The van der Waals surface area contributed by atoms with E-state index in [1.54, 1.807) is 9.58 Å². The average molecular weight is 432 g/mol. The number of amides is 1. The van der Waals surface area contributed by atoms with Crippen molar-refractivity contribution in [2.75, 3.05) is 31.1 Å². The normalized spacial score (nSPS) is 23.4. The molecule has 0 spiro atoms. The van der Waals surface area contributed by atoms with Crippen molar-refractivity contribution in [1.29, 1.82) is 0 Å². The number of rotatable bonds is 3. The smallest absolute Gasteiger partial charge is 0.410 e. The van der Waals surface area contributed by atoms with Crippen LogP contribution >= 0.6 is 11.6 Å². The van der Waals surface area contributed by atoms with Crippen molar-refractivity contribution in [2.45, 2.75) is 31.5 Å². The molecule has 9 heteroatoms. The van der Waals surface area contributed by atoms with Gasteiger partial charge in [-0.2, -0.15) is 5.10 Å². The first-order valence-electron chi connectivity index (χ1n) is 10.2. The van der Waals surface area contributed by atoms with Gasteiger partial charge < -0.3 is 14.5 Å². The van der Waals surface area contributed by atoms with E-state index in [1.165, 1.54) is 0 Å². The van der Waals surface area contributed by atoms with Crippen molar-refractivity contribution in [2.24, 2.45) is 7.05 Å². The molecule has 0 bridgehead atoms. The van der Waals surface area contributed by atoms with Crippen molar-refractivity contribution in [3.8, 4) is 0 Å². The van der Waals surface area contributed by atoms with Gasteiger partial charge in [0.15, 0.2) is 0 Å². The maximum Gasteiger partial charge on any atom is 0.410 e. The minimum atomic E-state index is -0.831. The summed E-state index contributed by atoms with van der Waals surface area (Å²) in [5.41, 5.74) is 5.01. The summed E-state index contributed by atoms with van der Waals surface area (Å²) in [6, 6.07) is 1.98. The summed E-state index contributed by atoms with van der Waals surface area (Å²) < 4.78 is 20.1. The predicted molar refractivity (Wildman–Crippen MR) is 112 cm³/mol. The summed E-state index contributed by atoms with van der Waals surface area (Å²) in [5.74, 6) is 0. The monoisotopic (exact) mass is 431 g/mol. The zero-order valence-corrected chi connectivity index (χ0v) is 17.5. The van der Waals surface area contributed by atoms with Crippen LogP contribution in [-0.4, -0.2) is 64.2 Å². The molecule has 2 aromatic heterocycles. The minimum Gasteiger partial charge on any atom is -0.446 e. The summed E-state index contributed by atoms with van der Waals surface area (Å²) in [6.45, 7) is 2.46. The molecule has 1 aliphatic heterocycles. The third kappa shape index (κ3) is 3.43. The number of carbonyl (C=O) groups excluding carboxylic acids is 1. The van der Waals surface area contributed by atoms with E-state index in [9.17, 15) is 9.18 Å².